The summed E-state index contributed by atoms with van der Waals surface area (Å²) in [5.74, 6) is -0.210. The quantitative estimate of drug-likeness (QED) is 0.835. The monoisotopic (exact) mass is 255 g/mol. The van der Waals surface area contributed by atoms with Crippen molar-refractivity contribution in [2.24, 2.45) is 0 Å². The third-order valence-corrected chi connectivity index (χ3v) is 2.10. The molecule has 0 heterocycles. The van der Waals surface area contributed by atoms with Gasteiger partial charge >= 0.3 is 6.03 Å². The third kappa shape index (κ3) is 3.18. The summed E-state index contributed by atoms with van der Waals surface area (Å²) in [6.07, 6.45) is 0. The number of halogens is 1. The van der Waals surface area contributed by atoms with Crippen molar-refractivity contribution in [2.45, 2.75) is 0 Å². The first-order valence-electron chi connectivity index (χ1n) is 3.88. The Bertz CT molecular complexity index is 348. The Hall–Kier alpha value is -1.36. The summed E-state index contributed by atoms with van der Waals surface area (Å²) < 4.78 is 0.888. The summed E-state index contributed by atoms with van der Waals surface area (Å²) in [4.78, 5) is 21.6. The van der Waals surface area contributed by atoms with Crippen LogP contribution < -0.4 is 11.1 Å². The second kappa shape index (κ2) is 4.76. The molecule has 0 fully saturated rings. The lowest BCUT2D eigenvalue weighted by atomic mass is 10.1. The molecule has 1 radical (unpaired) electrons. The van der Waals surface area contributed by atoms with Crippen LogP contribution in [-0.2, 0) is 0 Å². The Balaban J connectivity index is 2.61. The van der Waals surface area contributed by atoms with Crippen LogP contribution >= 0.6 is 15.9 Å². The fourth-order valence-corrected chi connectivity index (χ4v) is 1.16. The fraction of sp³-hybridized carbons (Fsp3) is 0.111. The van der Waals surface area contributed by atoms with Gasteiger partial charge in [0.2, 0.25) is 0 Å². The average molecular weight is 256 g/mol. The lowest BCUT2D eigenvalue weighted by Crippen LogP contribution is -2.28. The first-order valence-corrected chi connectivity index (χ1v) is 4.67. The maximum Gasteiger partial charge on any atom is 0.333 e. The summed E-state index contributed by atoms with van der Waals surface area (Å²) in [6.45, 7) is -0.135. The maximum absolute atomic E-state index is 11.3. The summed E-state index contributed by atoms with van der Waals surface area (Å²) in [5.41, 5.74) is 7.07. The van der Waals surface area contributed by atoms with Gasteiger partial charge < -0.3 is 5.32 Å². The highest BCUT2D eigenvalue weighted by molar-refractivity contribution is 9.10. The van der Waals surface area contributed by atoms with E-state index in [0.29, 0.717) is 5.56 Å². The molecule has 2 amide bonds. The van der Waals surface area contributed by atoms with E-state index in [-0.39, 0.29) is 12.3 Å². The minimum atomic E-state index is -0.949. The smallest absolute Gasteiger partial charge is 0.329 e. The maximum atomic E-state index is 11.3. The molecule has 1 rings (SSSR count). The lowest BCUT2D eigenvalue weighted by molar-refractivity contribution is 0.0993. The molecule has 0 aromatic heterocycles. The molecule has 0 unspecified atom stereocenters. The first-order chi connectivity index (χ1) is 6.59. The molecule has 0 aliphatic carbocycles. The van der Waals surface area contributed by atoms with Crippen molar-refractivity contribution in [1.82, 2.24) is 11.1 Å². The van der Waals surface area contributed by atoms with E-state index in [1.54, 1.807) is 24.3 Å². The van der Waals surface area contributed by atoms with E-state index in [4.69, 9.17) is 5.73 Å². The topological polar surface area (TPSA) is 70.0 Å². The molecule has 1 aromatic rings. The summed E-state index contributed by atoms with van der Waals surface area (Å²) in [6, 6.07) is 5.85. The number of amides is 2. The Kier molecular flexibility index (Phi) is 3.64. The largest absolute Gasteiger partial charge is 0.333 e. The van der Waals surface area contributed by atoms with E-state index in [2.05, 4.69) is 21.2 Å². The SMILES string of the molecule is [NH]C(=O)NCC(=O)c1ccc(Br)cc1. The number of rotatable bonds is 3. The second-order valence-electron chi connectivity index (χ2n) is 2.61. The molecule has 1 aromatic carbocycles. The van der Waals surface area contributed by atoms with Gasteiger partial charge in [0.25, 0.3) is 0 Å². The number of carbonyl (C=O) groups is 2. The first kappa shape index (κ1) is 10.7. The van der Waals surface area contributed by atoms with Gasteiger partial charge in [0, 0.05) is 10.0 Å². The number of ketones is 1. The number of benzene rings is 1. The Morgan fingerprint density at radius 3 is 2.36 bits per heavy atom. The minimum absolute atomic E-state index is 0.135. The van der Waals surface area contributed by atoms with E-state index < -0.39 is 6.03 Å². The second-order valence-corrected chi connectivity index (χ2v) is 3.53. The van der Waals surface area contributed by atoms with Crippen LogP contribution in [0.25, 0.3) is 0 Å². The normalized spacial score (nSPS) is 9.50. The molecule has 0 spiro atoms. The Morgan fingerprint density at radius 2 is 1.86 bits per heavy atom. The van der Waals surface area contributed by atoms with Gasteiger partial charge in [-0.15, -0.1) is 0 Å². The Morgan fingerprint density at radius 1 is 1.29 bits per heavy atom. The van der Waals surface area contributed by atoms with Crippen LogP contribution in [0.2, 0.25) is 0 Å². The van der Waals surface area contributed by atoms with Gasteiger partial charge in [-0.3, -0.25) is 4.79 Å². The predicted molar refractivity (Wildman–Crippen MR) is 55.0 cm³/mol. The summed E-state index contributed by atoms with van der Waals surface area (Å²) in [5, 5.41) is 2.12. The van der Waals surface area contributed by atoms with E-state index in [9.17, 15) is 9.59 Å². The van der Waals surface area contributed by atoms with Crippen LogP contribution in [0.5, 0.6) is 0 Å². The molecule has 0 aliphatic rings. The van der Waals surface area contributed by atoms with Crippen molar-refractivity contribution in [1.29, 1.82) is 0 Å². The van der Waals surface area contributed by atoms with E-state index in [1.807, 2.05) is 0 Å². The van der Waals surface area contributed by atoms with Crippen LogP contribution in [0.1, 0.15) is 10.4 Å². The number of carbonyl (C=O) groups excluding carboxylic acids is 2. The van der Waals surface area contributed by atoms with Gasteiger partial charge in [0.15, 0.2) is 5.78 Å². The van der Waals surface area contributed by atoms with Gasteiger partial charge in [-0.1, -0.05) is 28.1 Å². The van der Waals surface area contributed by atoms with Crippen LogP contribution in [0.4, 0.5) is 4.79 Å². The van der Waals surface area contributed by atoms with Crippen LogP contribution in [0.15, 0.2) is 28.7 Å². The molecular weight excluding hydrogens is 248 g/mol. The van der Waals surface area contributed by atoms with Gasteiger partial charge in [-0.2, -0.15) is 0 Å². The van der Waals surface area contributed by atoms with Crippen LogP contribution in [0.3, 0.4) is 0 Å². The highest BCUT2D eigenvalue weighted by atomic mass is 79.9. The predicted octanol–water partition coefficient (Wildman–Crippen LogP) is 1.62. The number of nitrogens with one attached hydrogen (secondary N) is 2. The van der Waals surface area contributed by atoms with Crippen molar-refractivity contribution in [2.75, 3.05) is 6.54 Å². The third-order valence-electron chi connectivity index (χ3n) is 1.58. The molecular formula is C9H8BrN2O2. The molecule has 5 heteroatoms. The van der Waals surface area contributed by atoms with Gasteiger partial charge in [-0.05, 0) is 12.1 Å². The lowest BCUT2D eigenvalue weighted by Gasteiger charge is -2.00. The number of hydrogen-bond acceptors (Lipinski definition) is 2. The molecule has 73 valence electrons. The van der Waals surface area contributed by atoms with Gasteiger partial charge in [-0.25, -0.2) is 10.5 Å². The van der Waals surface area contributed by atoms with E-state index >= 15 is 0 Å². The zero-order chi connectivity index (χ0) is 10.6. The van der Waals surface area contributed by atoms with Crippen molar-refractivity contribution in [3.8, 4) is 0 Å². The fourth-order valence-electron chi connectivity index (χ4n) is 0.898. The molecule has 0 atom stereocenters. The number of urea groups is 1. The highest BCUT2D eigenvalue weighted by Gasteiger charge is 2.05. The zero-order valence-corrected chi connectivity index (χ0v) is 8.80. The molecule has 0 saturated heterocycles. The summed E-state index contributed by atoms with van der Waals surface area (Å²) in [7, 11) is 0. The Labute approximate surface area is 89.6 Å². The molecule has 0 saturated carbocycles. The molecule has 14 heavy (non-hydrogen) atoms. The van der Waals surface area contributed by atoms with Gasteiger partial charge in [0.05, 0.1) is 6.54 Å². The van der Waals surface area contributed by atoms with Crippen LogP contribution in [-0.4, -0.2) is 18.4 Å². The van der Waals surface area contributed by atoms with Crippen LogP contribution in [0, 0.1) is 0 Å². The molecule has 4 nitrogen and oxygen atoms in total. The van der Waals surface area contributed by atoms with Gasteiger partial charge in [0.1, 0.15) is 0 Å². The van der Waals surface area contributed by atoms with Crippen molar-refractivity contribution < 1.29 is 9.59 Å². The molecule has 2 N–H and O–H groups in total. The standard InChI is InChI=1S/C9H8BrN2O2/c10-7-3-1-6(2-4-7)8(13)5-12-9(11)14/h1-4,11H,5H2,(H,12,14). The number of Topliss-reactive ketones (excluding diaryl/α,β-unsaturated/α-hetero) is 1. The van der Waals surface area contributed by atoms with Crippen molar-refractivity contribution in [3.63, 3.8) is 0 Å². The number of hydrogen-bond donors (Lipinski definition) is 1. The zero-order valence-electron chi connectivity index (χ0n) is 7.21. The summed E-state index contributed by atoms with van der Waals surface area (Å²) >= 11 is 3.25. The highest BCUT2D eigenvalue weighted by Crippen LogP contribution is 2.10. The van der Waals surface area contributed by atoms with E-state index in [0.717, 1.165) is 4.47 Å². The average Bonchev–Trinajstić information content (AvgIpc) is 2.15. The van der Waals surface area contributed by atoms with Crippen molar-refractivity contribution in [3.05, 3.63) is 34.3 Å². The van der Waals surface area contributed by atoms with Crippen molar-refractivity contribution >= 4 is 27.7 Å². The minimum Gasteiger partial charge on any atom is -0.329 e. The van der Waals surface area contributed by atoms with E-state index in [1.165, 1.54) is 0 Å². The molecule has 0 bridgehead atoms. The molecule has 0 aliphatic heterocycles.